The summed E-state index contributed by atoms with van der Waals surface area (Å²) in [4.78, 5) is 30.9. The summed E-state index contributed by atoms with van der Waals surface area (Å²) in [5.41, 5.74) is -0.853. The number of alkyl halides is 3. The van der Waals surface area contributed by atoms with E-state index in [-0.39, 0.29) is 29.6 Å². The molecule has 0 atom stereocenters. The van der Waals surface area contributed by atoms with Crippen LogP contribution in [0.3, 0.4) is 0 Å². The summed E-state index contributed by atoms with van der Waals surface area (Å²) >= 11 is 0. The van der Waals surface area contributed by atoms with Crippen molar-refractivity contribution in [1.29, 1.82) is 0 Å². The predicted octanol–water partition coefficient (Wildman–Crippen LogP) is 6.12. The van der Waals surface area contributed by atoms with Crippen molar-refractivity contribution in [2.75, 3.05) is 0 Å². The Labute approximate surface area is 235 Å². The van der Waals surface area contributed by atoms with Crippen molar-refractivity contribution in [3.63, 3.8) is 0 Å². The molecule has 0 spiro atoms. The molecule has 0 unspecified atom stereocenters. The molecule has 3 aromatic heterocycles. The van der Waals surface area contributed by atoms with E-state index in [9.17, 15) is 27.9 Å². The van der Waals surface area contributed by atoms with Crippen LogP contribution in [0, 0.1) is 0 Å². The number of hydrogen-bond acceptors (Lipinski definition) is 7. The molecule has 0 fully saturated rings. The van der Waals surface area contributed by atoms with Crippen LogP contribution in [0.4, 0.5) is 13.2 Å². The topological polar surface area (TPSA) is 137 Å². The zero-order chi connectivity index (χ0) is 29.9. The Kier molecular flexibility index (Phi) is 7.56. The number of carboxylic acid groups (broad SMARTS) is 2. The molecule has 5 aromatic rings. The van der Waals surface area contributed by atoms with E-state index < -0.39 is 29.4 Å². The van der Waals surface area contributed by atoms with Crippen molar-refractivity contribution < 1.29 is 42.4 Å². The minimum atomic E-state index is -4.98. The maximum absolute atomic E-state index is 13.7. The first-order valence-electron chi connectivity index (χ1n) is 12.1. The average Bonchev–Trinajstić information content (AvgIpc) is 3.44. The lowest BCUT2D eigenvalue weighted by molar-refractivity contribution is -0.143. The third-order valence-electron chi connectivity index (χ3n) is 5.90. The summed E-state index contributed by atoms with van der Waals surface area (Å²) in [7, 11) is 0. The highest BCUT2D eigenvalue weighted by molar-refractivity contribution is 5.89. The molecule has 0 bridgehead atoms. The number of rotatable bonds is 9. The van der Waals surface area contributed by atoms with Crippen LogP contribution >= 0.6 is 0 Å². The summed E-state index contributed by atoms with van der Waals surface area (Å²) < 4.78 is 53.2. The Bertz CT molecular complexity index is 1750. The van der Waals surface area contributed by atoms with Gasteiger partial charge in [-0.15, -0.1) is 0 Å². The molecule has 0 saturated carbocycles. The number of aromatic nitrogens is 4. The van der Waals surface area contributed by atoms with E-state index >= 15 is 0 Å². The first-order valence-corrected chi connectivity index (χ1v) is 12.1. The second-order valence-electron chi connectivity index (χ2n) is 8.72. The molecule has 0 saturated heterocycles. The first-order chi connectivity index (χ1) is 20.1. The molecule has 2 N–H and O–H groups in total. The van der Waals surface area contributed by atoms with Crippen molar-refractivity contribution in [2.45, 2.75) is 12.8 Å². The number of aromatic carboxylic acids is 2. The number of pyridine rings is 2. The van der Waals surface area contributed by atoms with E-state index in [4.69, 9.17) is 14.6 Å². The summed E-state index contributed by atoms with van der Waals surface area (Å²) in [6, 6.07) is 20.4. The molecule has 13 heteroatoms. The lowest BCUT2D eigenvalue weighted by atomic mass is 10.1. The van der Waals surface area contributed by atoms with Gasteiger partial charge >= 0.3 is 18.1 Å². The molecule has 42 heavy (non-hydrogen) atoms. The minimum Gasteiger partial charge on any atom is -0.488 e. The Hall–Kier alpha value is -5.72. The molecule has 0 aliphatic heterocycles. The van der Waals surface area contributed by atoms with Crippen molar-refractivity contribution in [2.24, 2.45) is 0 Å². The summed E-state index contributed by atoms with van der Waals surface area (Å²) in [5.74, 6) is -1.94. The number of halogens is 3. The van der Waals surface area contributed by atoms with Gasteiger partial charge in [0.2, 0.25) is 5.88 Å². The van der Waals surface area contributed by atoms with E-state index in [0.717, 1.165) is 0 Å². The standard InChI is InChI=1S/C29H19F3N4O6/c30-29(31,32)26-21(28(39)40)15-34-36(26)24-7-3-5-22(35-24)20-4-1-2-6-23(20)41-16-17-8-13-25(33-14-17)42-19-11-9-18(10-12-19)27(37)38/h1-15H,16H2,(H,37,38)(H,39,40). The fourth-order valence-electron chi connectivity index (χ4n) is 3.95. The molecule has 0 amide bonds. The number of para-hydroxylation sites is 1. The van der Waals surface area contributed by atoms with Crippen LogP contribution in [0.1, 0.15) is 32.0 Å². The van der Waals surface area contributed by atoms with Gasteiger partial charge in [0.25, 0.3) is 0 Å². The number of carboxylic acids is 2. The largest absolute Gasteiger partial charge is 0.488 e. The highest BCUT2D eigenvalue weighted by Gasteiger charge is 2.41. The Morgan fingerprint density at radius 1 is 0.857 bits per heavy atom. The summed E-state index contributed by atoms with van der Waals surface area (Å²) in [5, 5.41) is 21.8. The SMILES string of the molecule is O=C(O)c1ccc(Oc2ccc(COc3ccccc3-c3cccc(-n4ncc(C(=O)O)c4C(F)(F)F)n3)cn2)cc1. The quantitative estimate of drug-likeness (QED) is 0.213. The van der Waals surface area contributed by atoms with Gasteiger partial charge in [-0.25, -0.2) is 24.2 Å². The van der Waals surface area contributed by atoms with Gasteiger partial charge in [-0.2, -0.15) is 18.3 Å². The van der Waals surface area contributed by atoms with Crippen molar-refractivity contribution in [1.82, 2.24) is 19.7 Å². The fourth-order valence-corrected chi connectivity index (χ4v) is 3.95. The van der Waals surface area contributed by atoms with E-state index in [1.807, 2.05) is 0 Å². The lowest BCUT2D eigenvalue weighted by Gasteiger charge is -2.14. The zero-order valence-corrected chi connectivity index (χ0v) is 21.3. The van der Waals surface area contributed by atoms with E-state index in [2.05, 4.69) is 15.1 Å². The lowest BCUT2D eigenvalue weighted by Crippen LogP contribution is -2.18. The molecule has 10 nitrogen and oxygen atoms in total. The van der Waals surface area contributed by atoms with Crippen LogP contribution in [0.2, 0.25) is 0 Å². The van der Waals surface area contributed by atoms with Crippen LogP contribution in [-0.4, -0.2) is 41.9 Å². The van der Waals surface area contributed by atoms with Gasteiger partial charge in [0.05, 0.1) is 17.5 Å². The molecule has 5 rings (SSSR count). The Morgan fingerprint density at radius 2 is 1.62 bits per heavy atom. The van der Waals surface area contributed by atoms with Crippen LogP contribution in [0.5, 0.6) is 17.4 Å². The zero-order valence-electron chi connectivity index (χ0n) is 21.3. The minimum absolute atomic E-state index is 0.0939. The first kappa shape index (κ1) is 27.8. The van der Waals surface area contributed by atoms with Gasteiger partial charge in [0, 0.05) is 23.4 Å². The Morgan fingerprint density at radius 3 is 2.29 bits per heavy atom. The van der Waals surface area contributed by atoms with Crippen molar-refractivity contribution >= 4 is 11.9 Å². The average molecular weight is 576 g/mol. The van der Waals surface area contributed by atoms with Gasteiger partial charge in [-0.05, 0) is 54.6 Å². The normalized spacial score (nSPS) is 11.2. The van der Waals surface area contributed by atoms with Crippen LogP contribution in [0.25, 0.3) is 17.1 Å². The van der Waals surface area contributed by atoms with E-state index in [1.54, 1.807) is 48.7 Å². The van der Waals surface area contributed by atoms with Crippen molar-refractivity contribution in [3.05, 3.63) is 114 Å². The number of benzene rings is 2. The third kappa shape index (κ3) is 6.04. The molecule has 2 aromatic carbocycles. The highest BCUT2D eigenvalue weighted by atomic mass is 19.4. The maximum atomic E-state index is 13.7. The number of nitrogens with zero attached hydrogens (tertiary/aromatic N) is 4. The molecule has 212 valence electrons. The van der Waals surface area contributed by atoms with Crippen molar-refractivity contribution in [3.8, 4) is 34.5 Å². The van der Waals surface area contributed by atoms with Gasteiger partial charge in [-0.3, -0.25) is 0 Å². The van der Waals surface area contributed by atoms with Crippen LogP contribution < -0.4 is 9.47 Å². The predicted molar refractivity (Wildman–Crippen MR) is 141 cm³/mol. The summed E-state index contributed by atoms with van der Waals surface area (Å²) in [6.07, 6.45) is -2.81. The maximum Gasteiger partial charge on any atom is 0.434 e. The second kappa shape index (κ2) is 11.4. The van der Waals surface area contributed by atoms with E-state index in [0.29, 0.717) is 33.5 Å². The highest BCUT2D eigenvalue weighted by Crippen LogP contribution is 2.35. The van der Waals surface area contributed by atoms with E-state index in [1.165, 1.54) is 36.4 Å². The molecule has 3 heterocycles. The van der Waals surface area contributed by atoms with Crippen LogP contribution in [0.15, 0.2) is 91.3 Å². The molecule has 0 aliphatic carbocycles. The van der Waals surface area contributed by atoms with Gasteiger partial charge in [0.15, 0.2) is 11.5 Å². The number of ether oxygens (including phenoxy) is 2. The smallest absolute Gasteiger partial charge is 0.434 e. The number of carbonyl (C=O) groups is 2. The molecule has 0 aliphatic rings. The fraction of sp³-hybridized carbons (Fsp3) is 0.0690. The Balaban J connectivity index is 1.33. The van der Waals surface area contributed by atoms with Gasteiger partial charge < -0.3 is 19.7 Å². The second-order valence-corrected chi connectivity index (χ2v) is 8.72. The van der Waals surface area contributed by atoms with Gasteiger partial charge in [-0.1, -0.05) is 18.2 Å². The van der Waals surface area contributed by atoms with Crippen LogP contribution in [-0.2, 0) is 12.8 Å². The van der Waals surface area contributed by atoms with Gasteiger partial charge in [0.1, 0.15) is 23.7 Å². The molecule has 0 radical (unpaired) electrons. The molecular weight excluding hydrogens is 557 g/mol. The summed E-state index contributed by atoms with van der Waals surface area (Å²) in [6.45, 7) is 0.0939. The molecular formula is C29H19F3N4O6. The number of hydrogen-bond donors (Lipinski definition) is 2. The monoisotopic (exact) mass is 576 g/mol. The third-order valence-corrected chi connectivity index (χ3v) is 5.90.